The number of hydrogen-bond acceptors (Lipinski definition) is 5. The van der Waals surface area contributed by atoms with Gasteiger partial charge in [-0.05, 0) is 35.4 Å². The molecule has 0 aliphatic carbocycles. The molecule has 6 nitrogen and oxygen atoms in total. The smallest absolute Gasteiger partial charge is 0.416 e. The Morgan fingerprint density at radius 2 is 1.85 bits per heavy atom. The lowest BCUT2D eigenvalue weighted by atomic mass is 9.99. The molecule has 1 aliphatic heterocycles. The number of amides is 1. The normalized spacial score (nSPS) is 15.0. The number of pyridine rings is 1. The fourth-order valence-corrected chi connectivity index (χ4v) is 5.14. The lowest BCUT2D eigenvalue weighted by Crippen LogP contribution is -2.31. The molecule has 1 atom stereocenters. The summed E-state index contributed by atoms with van der Waals surface area (Å²) in [4.78, 5) is 37.7. The number of aromatic nitrogens is 1. The first-order valence-corrected chi connectivity index (χ1v) is 11.2. The number of carbonyl (C=O) groups is 2. The first-order valence-electron chi connectivity index (χ1n) is 10.2. The Kier molecular flexibility index (Phi) is 6.52. The van der Waals surface area contributed by atoms with Crippen molar-refractivity contribution in [3.63, 3.8) is 0 Å². The monoisotopic (exact) mass is 488 g/mol. The van der Waals surface area contributed by atoms with E-state index in [-0.39, 0.29) is 17.9 Å². The Morgan fingerprint density at radius 3 is 2.53 bits per heavy atom. The molecule has 176 valence electrons. The summed E-state index contributed by atoms with van der Waals surface area (Å²) in [6.07, 6.45) is -4.56. The Morgan fingerprint density at radius 1 is 1.12 bits per heavy atom. The number of esters is 1. The van der Waals surface area contributed by atoms with E-state index in [0.717, 1.165) is 12.1 Å². The number of benzene rings is 2. The van der Waals surface area contributed by atoms with Crippen LogP contribution in [0.15, 0.2) is 70.5 Å². The fraction of sp³-hybridized carbons (Fsp3) is 0.208. The van der Waals surface area contributed by atoms with Crippen molar-refractivity contribution in [1.82, 2.24) is 9.88 Å². The number of nitrogens with zero attached hydrogens (tertiary/aromatic N) is 1. The summed E-state index contributed by atoms with van der Waals surface area (Å²) in [5.74, 6) is -0.807. The molecular formula is C24H19F3N2O4S. The van der Waals surface area contributed by atoms with Crippen LogP contribution in [0.1, 0.15) is 27.5 Å². The summed E-state index contributed by atoms with van der Waals surface area (Å²) in [5, 5.41) is 3.08. The molecule has 0 bridgehead atoms. The van der Waals surface area contributed by atoms with Gasteiger partial charge in [0.05, 0.1) is 17.7 Å². The van der Waals surface area contributed by atoms with Crippen LogP contribution in [0.4, 0.5) is 13.2 Å². The van der Waals surface area contributed by atoms with Crippen molar-refractivity contribution in [2.24, 2.45) is 0 Å². The molecule has 34 heavy (non-hydrogen) atoms. The maximum Gasteiger partial charge on any atom is 0.416 e. The lowest BCUT2D eigenvalue weighted by Gasteiger charge is -2.18. The van der Waals surface area contributed by atoms with E-state index in [1.807, 2.05) is 0 Å². The molecule has 1 aromatic heterocycles. The highest BCUT2D eigenvalue weighted by atomic mass is 32.2. The second-order valence-electron chi connectivity index (χ2n) is 7.54. The number of rotatable bonds is 5. The van der Waals surface area contributed by atoms with Crippen molar-refractivity contribution in [3.05, 3.63) is 87.7 Å². The maximum absolute atomic E-state index is 13.4. The zero-order valence-corrected chi connectivity index (χ0v) is 18.7. The van der Waals surface area contributed by atoms with E-state index in [9.17, 15) is 27.6 Å². The molecule has 0 saturated carbocycles. The molecule has 1 N–H and O–H groups in total. The molecule has 1 aliphatic rings. The number of ether oxygens (including phenoxy) is 1. The van der Waals surface area contributed by atoms with Gasteiger partial charge in [0.15, 0.2) is 0 Å². The molecule has 2 heterocycles. The molecule has 0 unspecified atom stereocenters. The van der Waals surface area contributed by atoms with Crippen molar-refractivity contribution >= 4 is 23.6 Å². The molecule has 0 spiro atoms. The van der Waals surface area contributed by atoms with Gasteiger partial charge in [0, 0.05) is 29.5 Å². The van der Waals surface area contributed by atoms with Crippen LogP contribution >= 0.6 is 11.8 Å². The number of alkyl halides is 3. The van der Waals surface area contributed by atoms with Gasteiger partial charge < -0.3 is 10.1 Å². The average Bonchev–Trinajstić information content (AvgIpc) is 3.28. The Balaban J connectivity index is 1.82. The van der Waals surface area contributed by atoms with E-state index in [0.29, 0.717) is 21.7 Å². The van der Waals surface area contributed by atoms with Gasteiger partial charge >= 0.3 is 12.1 Å². The number of carbonyl (C=O) groups excluding carboxylic acids is 2. The van der Waals surface area contributed by atoms with Crippen molar-refractivity contribution in [3.8, 4) is 11.1 Å². The van der Waals surface area contributed by atoms with Crippen LogP contribution in [0.25, 0.3) is 11.1 Å². The topological polar surface area (TPSA) is 77.4 Å². The third-order valence-electron chi connectivity index (χ3n) is 5.41. The second kappa shape index (κ2) is 9.38. The summed E-state index contributed by atoms with van der Waals surface area (Å²) in [6.45, 7) is -0.0914. The SMILES string of the molecule is COC(=O)[C@@H]1CSc2c(-c3cccc(C(F)(F)F)c3)c(CNC(=O)c3ccccc3)cc(=O)n21. The average molecular weight is 488 g/mol. The largest absolute Gasteiger partial charge is 0.467 e. The van der Waals surface area contributed by atoms with Crippen LogP contribution in [-0.2, 0) is 22.3 Å². The summed E-state index contributed by atoms with van der Waals surface area (Å²) >= 11 is 1.18. The molecule has 0 radical (unpaired) electrons. The summed E-state index contributed by atoms with van der Waals surface area (Å²) < 4.78 is 46.2. The van der Waals surface area contributed by atoms with Crippen molar-refractivity contribution < 1.29 is 27.5 Å². The van der Waals surface area contributed by atoms with Crippen molar-refractivity contribution in [1.29, 1.82) is 0 Å². The zero-order valence-electron chi connectivity index (χ0n) is 17.9. The fourth-order valence-electron chi connectivity index (χ4n) is 3.79. The highest BCUT2D eigenvalue weighted by Gasteiger charge is 2.35. The third-order valence-corrected chi connectivity index (χ3v) is 6.56. The molecule has 3 aromatic rings. The van der Waals surface area contributed by atoms with Gasteiger partial charge in [0.1, 0.15) is 6.04 Å². The van der Waals surface area contributed by atoms with Gasteiger partial charge in [0.25, 0.3) is 11.5 Å². The van der Waals surface area contributed by atoms with Crippen LogP contribution in [0.5, 0.6) is 0 Å². The second-order valence-corrected chi connectivity index (χ2v) is 8.54. The van der Waals surface area contributed by atoms with E-state index < -0.39 is 35.2 Å². The number of halogens is 3. The van der Waals surface area contributed by atoms with Gasteiger partial charge in [-0.3, -0.25) is 14.2 Å². The first kappa shape index (κ1) is 23.6. The van der Waals surface area contributed by atoms with E-state index in [2.05, 4.69) is 5.32 Å². The van der Waals surface area contributed by atoms with Crippen LogP contribution < -0.4 is 10.9 Å². The maximum atomic E-state index is 13.4. The van der Waals surface area contributed by atoms with Crippen molar-refractivity contribution in [2.45, 2.75) is 23.8 Å². The van der Waals surface area contributed by atoms with Crippen LogP contribution in [0.2, 0.25) is 0 Å². The van der Waals surface area contributed by atoms with Gasteiger partial charge in [0.2, 0.25) is 0 Å². The highest BCUT2D eigenvalue weighted by Crippen LogP contribution is 2.42. The summed E-state index contributed by atoms with van der Waals surface area (Å²) in [5.41, 5.74) is -0.0214. The molecule has 0 fully saturated rings. The Bertz CT molecular complexity index is 1310. The molecule has 10 heteroatoms. The number of thioether (sulfide) groups is 1. The van der Waals surface area contributed by atoms with Crippen LogP contribution in [0, 0.1) is 0 Å². The van der Waals surface area contributed by atoms with Gasteiger partial charge in [-0.15, -0.1) is 11.8 Å². The standard InChI is InChI=1S/C24H19F3N2O4S/c1-33-23(32)18-13-34-22-20(15-8-5-9-17(10-15)24(25,26)27)16(11-19(30)29(18)22)12-28-21(31)14-6-3-2-4-7-14/h2-11,18H,12-13H2,1H3,(H,28,31)/t18-/m0/s1. The molecular weight excluding hydrogens is 469 g/mol. The lowest BCUT2D eigenvalue weighted by molar-refractivity contribution is -0.144. The third kappa shape index (κ3) is 4.58. The highest BCUT2D eigenvalue weighted by molar-refractivity contribution is 7.99. The molecule has 4 rings (SSSR count). The zero-order chi connectivity index (χ0) is 24.5. The predicted octanol–water partition coefficient (Wildman–Crippen LogP) is 4.28. The number of fused-ring (bicyclic) bond motifs is 1. The molecule has 0 saturated heterocycles. The van der Waals surface area contributed by atoms with Gasteiger partial charge in [-0.2, -0.15) is 13.2 Å². The van der Waals surface area contributed by atoms with E-state index in [4.69, 9.17) is 4.74 Å². The summed E-state index contributed by atoms with van der Waals surface area (Å²) in [7, 11) is 1.21. The minimum absolute atomic E-state index is 0.0914. The Labute approximate surface area is 196 Å². The van der Waals surface area contributed by atoms with E-state index in [1.54, 1.807) is 30.3 Å². The number of nitrogens with one attached hydrogen (secondary N) is 1. The van der Waals surface area contributed by atoms with E-state index in [1.165, 1.54) is 41.6 Å². The minimum atomic E-state index is -4.56. The van der Waals surface area contributed by atoms with Crippen LogP contribution in [-0.4, -0.2) is 29.3 Å². The number of methoxy groups -OCH3 is 1. The molecule has 1 amide bonds. The minimum Gasteiger partial charge on any atom is -0.467 e. The summed E-state index contributed by atoms with van der Waals surface area (Å²) in [6, 6.07) is 13.5. The van der Waals surface area contributed by atoms with Crippen LogP contribution in [0.3, 0.4) is 0 Å². The Hall–Kier alpha value is -3.53. The van der Waals surface area contributed by atoms with Gasteiger partial charge in [-0.1, -0.05) is 30.3 Å². The first-order chi connectivity index (χ1) is 16.2. The van der Waals surface area contributed by atoms with Crippen molar-refractivity contribution in [2.75, 3.05) is 12.9 Å². The van der Waals surface area contributed by atoms with E-state index >= 15 is 0 Å². The number of hydrogen-bond donors (Lipinski definition) is 1. The molecule has 2 aromatic carbocycles. The van der Waals surface area contributed by atoms with Gasteiger partial charge in [-0.25, -0.2) is 4.79 Å². The quantitative estimate of drug-likeness (QED) is 0.543. The predicted molar refractivity (Wildman–Crippen MR) is 121 cm³/mol.